The third kappa shape index (κ3) is 2.36. The molecule has 20 heavy (non-hydrogen) atoms. The normalized spacial score (nSPS) is 10.4. The van der Waals surface area contributed by atoms with Crippen LogP contribution in [0.15, 0.2) is 72.8 Å². The van der Waals surface area contributed by atoms with Gasteiger partial charge in [-0.15, -0.1) is 0 Å². The molecule has 3 aromatic carbocycles. The Bertz CT molecular complexity index is 716. The summed E-state index contributed by atoms with van der Waals surface area (Å²) >= 11 is 0. The van der Waals surface area contributed by atoms with Crippen LogP contribution >= 0.6 is 0 Å². The van der Waals surface area contributed by atoms with Gasteiger partial charge >= 0.3 is 0 Å². The van der Waals surface area contributed by atoms with Crippen molar-refractivity contribution in [3.8, 4) is 22.3 Å². The maximum atomic E-state index is 5.95. The van der Waals surface area contributed by atoms with Crippen LogP contribution in [0.5, 0.6) is 0 Å². The maximum absolute atomic E-state index is 5.95. The molecule has 3 rings (SSSR count). The molecule has 0 bridgehead atoms. The number of rotatable bonds is 2. The van der Waals surface area contributed by atoms with Gasteiger partial charge in [-0.3, -0.25) is 0 Å². The first-order chi connectivity index (χ1) is 9.74. The van der Waals surface area contributed by atoms with E-state index in [1.165, 1.54) is 0 Å². The van der Waals surface area contributed by atoms with Gasteiger partial charge in [-0.05, 0) is 46.5 Å². The standard InChI is InChI=1S/C18H16N2/c19-15-8-6-14(7-9-15)17-11-10-16(20)12-18(17)13-4-2-1-3-5-13/h1-12H,19-20H2. The van der Waals surface area contributed by atoms with E-state index in [2.05, 4.69) is 18.2 Å². The van der Waals surface area contributed by atoms with Crippen molar-refractivity contribution in [2.24, 2.45) is 0 Å². The molecule has 0 amide bonds. The van der Waals surface area contributed by atoms with Gasteiger partial charge in [0.25, 0.3) is 0 Å². The highest BCUT2D eigenvalue weighted by Crippen LogP contribution is 2.33. The minimum absolute atomic E-state index is 0.767. The number of nitrogen functional groups attached to an aromatic ring is 2. The van der Waals surface area contributed by atoms with Crippen molar-refractivity contribution in [2.75, 3.05) is 11.5 Å². The van der Waals surface area contributed by atoms with Crippen LogP contribution in [0.2, 0.25) is 0 Å². The number of nitrogens with two attached hydrogens (primary N) is 2. The van der Waals surface area contributed by atoms with E-state index in [4.69, 9.17) is 11.5 Å². The smallest absolute Gasteiger partial charge is 0.0320 e. The van der Waals surface area contributed by atoms with E-state index in [1.807, 2.05) is 54.6 Å². The molecule has 3 aromatic rings. The van der Waals surface area contributed by atoms with Crippen molar-refractivity contribution in [3.63, 3.8) is 0 Å². The summed E-state index contributed by atoms with van der Waals surface area (Å²) in [5.41, 5.74) is 17.8. The molecule has 2 nitrogen and oxygen atoms in total. The van der Waals surface area contributed by atoms with Crippen LogP contribution < -0.4 is 11.5 Å². The average Bonchev–Trinajstić information content (AvgIpc) is 2.49. The fraction of sp³-hybridized carbons (Fsp3) is 0. The van der Waals surface area contributed by atoms with Crippen LogP contribution in [0.1, 0.15) is 0 Å². The van der Waals surface area contributed by atoms with Crippen LogP contribution in [0.3, 0.4) is 0 Å². The molecule has 0 aliphatic carbocycles. The van der Waals surface area contributed by atoms with E-state index < -0.39 is 0 Å². The molecule has 0 aliphatic heterocycles. The summed E-state index contributed by atoms with van der Waals surface area (Å²) in [7, 11) is 0. The molecule has 0 saturated heterocycles. The molecule has 0 heterocycles. The van der Waals surface area contributed by atoms with Gasteiger partial charge in [0.2, 0.25) is 0 Å². The lowest BCUT2D eigenvalue weighted by Gasteiger charge is -2.11. The molecule has 0 saturated carbocycles. The van der Waals surface area contributed by atoms with Crippen LogP contribution in [-0.2, 0) is 0 Å². The Labute approximate surface area is 118 Å². The lowest BCUT2D eigenvalue weighted by Crippen LogP contribution is -1.90. The predicted octanol–water partition coefficient (Wildman–Crippen LogP) is 4.19. The van der Waals surface area contributed by atoms with E-state index in [0.717, 1.165) is 33.6 Å². The van der Waals surface area contributed by atoms with Gasteiger partial charge in [-0.25, -0.2) is 0 Å². The van der Waals surface area contributed by atoms with Crippen LogP contribution in [0, 0.1) is 0 Å². The summed E-state index contributed by atoms with van der Waals surface area (Å²) in [6.07, 6.45) is 0. The summed E-state index contributed by atoms with van der Waals surface area (Å²) in [6, 6.07) is 24.2. The fourth-order valence-corrected chi connectivity index (χ4v) is 2.33. The highest BCUT2D eigenvalue weighted by Gasteiger charge is 2.07. The van der Waals surface area contributed by atoms with E-state index in [-0.39, 0.29) is 0 Å². The summed E-state index contributed by atoms with van der Waals surface area (Å²) in [5.74, 6) is 0. The lowest BCUT2D eigenvalue weighted by atomic mass is 9.94. The lowest BCUT2D eigenvalue weighted by molar-refractivity contribution is 1.57. The van der Waals surface area contributed by atoms with E-state index in [0.29, 0.717) is 0 Å². The Kier molecular flexibility index (Phi) is 3.13. The number of benzene rings is 3. The van der Waals surface area contributed by atoms with E-state index in [9.17, 15) is 0 Å². The molecule has 0 aliphatic rings. The topological polar surface area (TPSA) is 52.0 Å². The van der Waals surface area contributed by atoms with E-state index in [1.54, 1.807) is 0 Å². The molecule has 98 valence electrons. The van der Waals surface area contributed by atoms with Crippen molar-refractivity contribution < 1.29 is 0 Å². The number of hydrogen-bond acceptors (Lipinski definition) is 2. The first kappa shape index (κ1) is 12.3. The van der Waals surface area contributed by atoms with Crippen molar-refractivity contribution in [1.29, 1.82) is 0 Å². The van der Waals surface area contributed by atoms with Gasteiger partial charge in [0.05, 0.1) is 0 Å². The summed E-state index contributed by atoms with van der Waals surface area (Å²) in [5, 5.41) is 0. The molecule has 4 N–H and O–H groups in total. The first-order valence-corrected chi connectivity index (χ1v) is 6.55. The molecule has 0 aromatic heterocycles. The minimum Gasteiger partial charge on any atom is -0.399 e. The van der Waals surface area contributed by atoms with E-state index >= 15 is 0 Å². The molecule has 0 fully saturated rings. The van der Waals surface area contributed by atoms with Gasteiger partial charge in [0.1, 0.15) is 0 Å². The second-order valence-electron chi connectivity index (χ2n) is 4.79. The van der Waals surface area contributed by atoms with Gasteiger partial charge in [0, 0.05) is 11.4 Å². The van der Waals surface area contributed by atoms with Crippen molar-refractivity contribution in [1.82, 2.24) is 0 Å². The molecular formula is C18H16N2. The van der Waals surface area contributed by atoms with Gasteiger partial charge in [-0.2, -0.15) is 0 Å². The zero-order valence-electron chi connectivity index (χ0n) is 11.1. The molecule has 0 radical (unpaired) electrons. The molecule has 0 atom stereocenters. The summed E-state index contributed by atoms with van der Waals surface area (Å²) in [6.45, 7) is 0. The highest BCUT2D eigenvalue weighted by atomic mass is 14.5. The Hall–Kier alpha value is -2.74. The third-order valence-electron chi connectivity index (χ3n) is 3.35. The average molecular weight is 260 g/mol. The second-order valence-corrected chi connectivity index (χ2v) is 4.79. The number of anilines is 2. The predicted molar refractivity (Wildman–Crippen MR) is 86.1 cm³/mol. The molecule has 0 spiro atoms. The largest absolute Gasteiger partial charge is 0.399 e. The van der Waals surface area contributed by atoms with Crippen molar-refractivity contribution in [3.05, 3.63) is 72.8 Å². The van der Waals surface area contributed by atoms with Gasteiger partial charge < -0.3 is 11.5 Å². The van der Waals surface area contributed by atoms with Crippen LogP contribution in [0.4, 0.5) is 11.4 Å². The van der Waals surface area contributed by atoms with Crippen LogP contribution in [-0.4, -0.2) is 0 Å². The van der Waals surface area contributed by atoms with Crippen molar-refractivity contribution in [2.45, 2.75) is 0 Å². The SMILES string of the molecule is Nc1ccc(-c2ccc(N)cc2-c2ccccc2)cc1. The number of hydrogen-bond donors (Lipinski definition) is 2. The first-order valence-electron chi connectivity index (χ1n) is 6.55. The van der Waals surface area contributed by atoms with Crippen molar-refractivity contribution >= 4 is 11.4 Å². The maximum Gasteiger partial charge on any atom is 0.0320 e. The van der Waals surface area contributed by atoms with Gasteiger partial charge in [-0.1, -0.05) is 48.5 Å². The molecular weight excluding hydrogens is 244 g/mol. The zero-order valence-corrected chi connectivity index (χ0v) is 11.1. The quantitative estimate of drug-likeness (QED) is 0.679. The monoisotopic (exact) mass is 260 g/mol. The second kappa shape index (κ2) is 5.10. The Balaban J connectivity index is 2.19. The Morgan fingerprint density at radius 2 is 1.10 bits per heavy atom. The summed E-state index contributed by atoms with van der Waals surface area (Å²) in [4.78, 5) is 0. The van der Waals surface area contributed by atoms with Crippen LogP contribution in [0.25, 0.3) is 22.3 Å². The Morgan fingerprint density at radius 1 is 0.500 bits per heavy atom. The minimum atomic E-state index is 0.767. The third-order valence-corrected chi connectivity index (χ3v) is 3.35. The zero-order chi connectivity index (χ0) is 13.9. The highest BCUT2D eigenvalue weighted by molar-refractivity contribution is 5.85. The molecule has 2 heteroatoms. The van der Waals surface area contributed by atoms with Gasteiger partial charge in [0.15, 0.2) is 0 Å². The fourth-order valence-electron chi connectivity index (χ4n) is 2.33. The summed E-state index contributed by atoms with van der Waals surface area (Å²) < 4.78 is 0. The Morgan fingerprint density at radius 3 is 1.80 bits per heavy atom. The molecule has 0 unspecified atom stereocenters.